The smallest absolute Gasteiger partial charge is 0.335 e. The Kier molecular flexibility index (Phi) is 5.12. The lowest BCUT2D eigenvalue weighted by Gasteiger charge is -2.06. The molecule has 5 heteroatoms. The Labute approximate surface area is 87.1 Å². The van der Waals surface area contributed by atoms with Gasteiger partial charge in [-0.2, -0.15) is 0 Å². The minimum absolute atomic E-state index is 0. The van der Waals surface area contributed by atoms with Crippen LogP contribution < -0.4 is 5.73 Å². The summed E-state index contributed by atoms with van der Waals surface area (Å²) >= 11 is 0. The van der Waals surface area contributed by atoms with E-state index in [4.69, 9.17) is 10.8 Å². The van der Waals surface area contributed by atoms with Crippen LogP contribution in [-0.4, -0.2) is 17.8 Å². The second-order valence-corrected chi connectivity index (χ2v) is 2.69. The van der Waals surface area contributed by atoms with Crippen molar-refractivity contribution in [1.29, 1.82) is 0 Å². The summed E-state index contributed by atoms with van der Waals surface area (Å²) in [7, 11) is 0. The Bertz CT molecular complexity index is 302. The van der Waals surface area contributed by atoms with Gasteiger partial charge in [0, 0.05) is 0 Å². The first-order chi connectivity index (χ1) is 6.15. The van der Waals surface area contributed by atoms with E-state index in [2.05, 4.69) is 0 Å². The number of hydrogen-bond donors (Lipinski definition) is 2. The molecular formula is C9H11ClFNO2. The van der Waals surface area contributed by atoms with Crippen molar-refractivity contribution >= 4 is 18.4 Å². The molecule has 78 valence electrons. The molecule has 0 unspecified atom stereocenters. The fourth-order valence-corrected chi connectivity index (χ4v) is 0.962. The Balaban J connectivity index is 0.00000169. The Morgan fingerprint density at radius 1 is 1.43 bits per heavy atom. The van der Waals surface area contributed by atoms with Crippen LogP contribution in [0.3, 0.4) is 0 Å². The van der Waals surface area contributed by atoms with Gasteiger partial charge in [-0.25, -0.2) is 9.18 Å². The molecule has 0 heterocycles. The molecule has 0 fully saturated rings. The van der Waals surface area contributed by atoms with E-state index in [1.807, 2.05) is 0 Å². The third-order valence-electron chi connectivity index (χ3n) is 1.75. The number of halogens is 2. The number of nitrogens with two attached hydrogens (primary N) is 1. The van der Waals surface area contributed by atoms with Crippen LogP contribution in [0.4, 0.5) is 4.39 Å². The van der Waals surface area contributed by atoms with Crippen LogP contribution in [0.1, 0.15) is 22.0 Å². The van der Waals surface area contributed by atoms with Crippen molar-refractivity contribution in [3.05, 3.63) is 35.4 Å². The lowest BCUT2D eigenvalue weighted by Crippen LogP contribution is -2.12. The molecule has 0 aromatic heterocycles. The molecule has 1 aromatic rings. The number of benzene rings is 1. The van der Waals surface area contributed by atoms with E-state index in [9.17, 15) is 9.18 Å². The predicted octanol–water partition coefficient (Wildman–Crippen LogP) is 1.78. The number of carboxylic acids is 1. The summed E-state index contributed by atoms with van der Waals surface area (Å²) < 4.78 is 12.1. The summed E-state index contributed by atoms with van der Waals surface area (Å²) in [5.74, 6) is -1.000. The van der Waals surface area contributed by atoms with Gasteiger partial charge in [0.15, 0.2) is 0 Å². The van der Waals surface area contributed by atoms with E-state index in [1.54, 1.807) is 0 Å². The minimum Gasteiger partial charge on any atom is -0.478 e. The first-order valence-corrected chi connectivity index (χ1v) is 3.80. The van der Waals surface area contributed by atoms with Crippen LogP contribution >= 0.6 is 12.4 Å². The van der Waals surface area contributed by atoms with E-state index in [1.165, 1.54) is 24.3 Å². The monoisotopic (exact) mass is 219 g/mol. The molecule has 3 nitrogen and oxygen atoms in total. The van der Waals surface area contributed by atoms with Gasteiger partial charge in [-0.05, 0) is 17.7 Å². The summed E-state index contributed by atoms with van der Waals surface area (Å²) in [5, 5.41) is 8.57. The van der Waals surface area contributed by atoms with Crippen molar-refractivity contribution in [1.82, 2.24) is 0 Å². The van der Waals surface area contributed by atoms with Crippen molar-refractivity contribution in [3.63, 3.8) is 0 Å². The van der Waals surface area contributed by atoms with Crippen molar-refractivity contribution in [2.75, 3.05) is 6.67 Å². The highest BCUT2D eigenvalue weighted by molar-refractivity contribution is 5.87. The Hall–Kier alpha value is -1.13. The molecule has 1 rings (SSSR count). The molecule has 0 amide bonds. The summed E-state index contributed by atoms with van der Waals surface area (Å²) in [6, 6.07) is 5.20. The molecule has 1 aromatic carbocycles. The maximum absolute atomic E-state index is 12.1. The highest BCUT2D eigenvalue weighted by atomic mass is 35.5. The molecule has 14 heavy (non-hydrogen) atoms. The second kappa shape index (κ2) is 5.57. The zero-order chi connectivity index (χ0) is 9.84. The fraction of sp³-hybridized carbons (Fsp3) is 0.222. The van der Waals surface area contributed by atoms with E-state index < -0.39 is 18.7 Å². The molecule has 3 N–H and O–H groups in total. The Morgan fingerprint density at radius 3 is 2.29 bits per heavy atom. The van der Waals surface area contributed by atoms with Gasteiger partial charge in [0.2, 0.25) is 0 Å². The molecule has 0 bridgehead atoms. The standard InChI is InChI=1S/C9H10FNO2.ClH/c10-5-8(11)6-1-3-7(4-2-6)9(12)13;/h1-4,8H,5,11H2,(H,12,13);1H/t8-;/m0./s1. The predicted molar refractivity (Wildman–Crippen MR) is 53.6 cm³/mol. The zero-order valence-corrected chi connectivity index (χ0v) is 8.13. The molecule has 0 aliphatic carbocycles. The number of alkyl halides is 1. The van der Waals surface area contributed by atoms with Crippen LogP contribution in [0.5, 0.6) is 0 Å². The third kappa shape index (κ3) is 2.97. The highest BCUT2D eigenvalue weighted by Crippen LogP contribution is 2.11. The topological polar surface area (TPSA) is 63.3 Å². The van der Waals surface area contributed by atoms with Gasteiger partial charge in [-0.1, -0.05) is 12.1 Å². The second-order valence-electron chi connectivity index (χ2n) is 2.69. The first-order valence-electron chi connectivity index (χ1n) is 3.80. The van der Waals surface area contributed by atoms with Crippen LogP contribution in [-0.2, 0) is 0 Å². The number of aromatic carboxylic acids is 1. The van der Waals surface area contributed by atoms with Gasteiger partial charge in [0.1, 0.15) is 6.67 Å². The van der Waals surface area contributed by atoms with Crippen molar-refractivity contribution in [3.8, 4) is 0 Å². The molecule has 1 atom stereocenters. The lowest BCUT2D eigenvalue weighted by molar-refractivity contribution is 0.0697. The third-order valence-corrected chi connectivity index (χ3v) is 1.75. The summed E-state index contributed by atoms with van der Waals surface area (Å²) in [4.78, 5) is 10.4. The van der Waals surface area contributed by atoms with Gasteiger partial charge >= 0.3 is 5.97 Å². The average Bonchev–Trinajstić information content (AvgIpc) is 2.17. The first kappa shape index (κ1) is 12.9. The normalized spacial score (nSPS) is 11.6. The van der Waals surface area contributed by atoms with E-state index in [0.717, 1.165) is 0 Å². The van der Waals surface area contributed by atoms with Crippen molar-refractivity contribution in [2.45, 2.75) is 6.04 Å². The lowest BCUT2D eigenvalue weighted by atomic mass is 10.1. The largest absolute Gasteiger partial charge is 0.478 e. The number of carboxylic acid groups (broad SMARTS) is 1. The van der Waals surface area contributed by atoms with E-state index in [0.29, 0.717) is 5.56 Å². The van der Waals surface area contributed by atoms with Crippen LogP contribution in [0.2, 0.25) is 0 Å². The van der Waals surface area contributed by atoms with E-state index in [-0.39, 0.29) is 18.0 Å². The highest BCUT2D eigenvalue weighted by Gasteiger charge is 2.06. The van der Waals surface area contributed by atoms with Crippen molar-refractivity contribution < 1.29 is 14.3 Å². The molecule has 0 spiro atoms. The molecule has 0 saturated carbocycles. The van der Waals surface area contributed by atoms with Crippen molar-refractivity contribution in [2.24, 2.45) is 5.73 Å². The fourth-order valence-electron chi connectivity index (χ4n) is 0.962. The van der Waals surface area contributed by atoms with E-state index >= 15 is 0 Å². The molecule has 0 aliphatic heterocycles. The van der Waals surface area contributed by atoms with Gasteiger partial charge in [0.05, 0.1) is 11.6 Å². The van der Waals surface area contributed by atoms with Gasteiger partial charge in [-0.15, -0.1) is 12.4 Å². The maximum atomic E-state index is 12.1. The van der Waals surface area contributed by atoms with Crippen LogP contribution in [0.15, 0.2) is 24.3 Å². The number of hydrogen-bond acceptors (Lipinski definition) is 2. The van der Waals surface area contributed by atoms with Crippen LogP contribution in [0, 0.1) is 0 Å². The average molecular weight is 220 g/mol. The molecular weight excluding hydrogens is 209 g/mol. The molecule has 0 radical (unpaired) electrons. The SMILES string of the molecule is Cl.N[C@@H](CF)c1ccc(C(=O)O)cc1. The van der Waals surface area contributed by atoms with Gasteiger partial charge in [-0.3, -0.25) is 0 Å². The Morgan fingerprint density at radius 2 is 1.93 bits per heavy atom. The van der Waals surface area contributed by atoms with Gasteiger partial charge < -0.3 is 10.8 Å². The molecule has 0 saturated heterocycles. The number of carbonyl (C=O) groups is 1. The summed E-state index contributed by atoms with van der Waals surface area (Å²) in [6.45, 7) is -0.646. The molecule has 0 aliphatic rings. The quantitative estimate of drug-likeness (QED) is 0.815. The maximum Gasteiger partial charge on any atom is 0.335 e. The summed E-state index contributed by atoms with van der Waals surface area (Å²) in [6.07, 6.45) is 0. The van der Waals surface area contributed by atoms with Crippen LogP contribution in [0.25, 0.3) is 0 Å². The number of rotatable bonds is 3. The minimum atomic E-state index is -1.000. The van der Waals surface area contributed by atoms with Gasteiger partial charge in [0.25, 0.3) is 0 Å². The summed E-state index contributed by atoms with van der Waals surface area (Å²) in [5.41, 5.74) is 6.18. The zero-order valence-electron chi connectivity index (χ0n) is 7.31.